The van der Waals surface area contributed by atoms with Crippen molar-refractivity contribution in [2.24, 2.45) is 45.8 Å². The third-order valence-corrected chi connectivity index (χ3v) is 12.6. The first-order valence-electron chi connectivity index (χ1n) is 15.6. The van der Waals surface area contributed by atoms with Gasteiger partial charge in [-0.2, -0.15) is 0 Å². The van der Waals surface area contributed by atoms with E-state index in [0.717, 1.165) is 13.2 Å². The Morgan fingerprint density at radius 2 is 1.73 bits per heavy atom. The molecule has 3 saturated carbocycles. The average molecular weight is 549 g/mol. The molecule has 3 aliphatic heterocycles. The lowest BCUT2D eigenvalue weighted by Crippen LogP contribution is -2.60. The molecule has 0 radical (unpaired) electrons. The molecule has 1 unspecified atom stereocenters. The summed E-state index contributed by atoms with van der Waals surface area (Å²) >= 11 is 0. The van der Waals surface area contributed by atoms with E-state index in [9.17, 15) is 4.79 Å². The third-order valence-electron chi connectivity index (χ3n) is 12.6. The number of rotatable bonds is 4. The minimum atomic E-state index is -0.386. The van der Waals surface area contributed by atoms with Crippen LogP contribution in [0.5, 0.6) is 0 Å². The highest BCUT2D eigenvalue weighted by Gasteiger charge is 2.85. The molecule has 0 aromatic heterocycles. The number of epoxide rings is 2. The van der Waals surface area contributed by atoms with Crippen LogP contribution in [-0.2, 0) is 23.7 Å². The summed E-state index contributed by atoms with van der Waals surface area (Å²) in [5.74, 6) is 2.38. The number of esters is 1. The molecule has 8 rings (SSSR count). The first-order chi connectivity index (χ1) is 19.1. The topological polar surface area (TPSA) is 69.8 Å². The standard InChI is InChI=1S/C34H44O6/c1-19(30-36-17-31(2,3)18-37-30)22-11-12-23-21-13-16-34-28(40-34)26(39-29(35)20-9-7-6-8-10-20)25-27(38-25)33(34,5)24(21)14-15-32(22,23)4/h6-10,13,16,19,21-28,30H,11-12,14-15,17-18H2,1-5H3/t19?,21-,22+,23-,24-,25-,26-,27-,28+,32+,33-,34+/m0/s1. The molecule has 12 atom stereocenters. The summed E-state index contributed by atoms with van der Waals surface area (Å²) in [4.78, 5) is 12.9. The van der Waals surface area contributed by atoms with Gasteiger partial charge >= 0.3 is 5.97 Å². The average Bonchev–Trinajstić information content (AvgIpc) is 3.85. The monoisotopic (exact) mass is 548 g/mol. The molecular formula is C34H44O6. The van der Waals surface area contributed by atoms with Crippen LogP contribution in [0.25, 0.3) is 0 Å². The molecule has 7 aliphatic rings. The van der Waals surface area contributed by atoms with Crippen molar-refractivity contribution in [3.63, 3.8) is 0 Å². The van der Waals surface area contributed by atoms with Crippen molar-refractivity contribution < 1.29 is 28.5 Å². The van der Waals surface area contributed by atoms with E-state index in [1.165, 1.54) is 25.7 Å². The fraction of sp³-hybridized carbons (Fsp3) is 0.735. The van der Waals surface area contributed by atoms with E-state index in [-0.39, 0.29) is 58.5 Å². The number of ether oxygens (including phenoxy) is 5. The van der Waals surface area contributed by atoms with Gasteiger partial charge in [-0.1, -0.05) is 65.0 Å². The van der Waals surface area contributed by atoms with Gasteiger partial charge in [-0.05, 0) is 66.9 Å². The molecule has 40 heavy (non-hydrogen) atoms. The number of carbonyl (C=O) groups excluding carboxylic acids is 1. The largest absolute Gasteiger partial charge is 0.453 e. The molecule has 4 aliphatic carbocycles. The predicted octanol–water partition coefficient (Wildman–Crippen LogP) is 5.80. The second kappa shape index (κ2) is 8.43. The van der Waals surface area contributed by atoms with Crippen molar-refractivity contribution in [1.82, 2.24) is 0 Å². The Kier molecular flexibility index (Phi) is 5.47. The summed E-state index contributed by atoms with van der Waals surface area (Å²) in [5, 5.41) is 0. The number of carbonyl (C=O) groups is 1. The fourth-order valence-electron chi connectivity index (χ4n) is 10.4. The lowest BCUT2D eigenvalue weighted by molar-refractivity contribution is -0.253. The van der Waals surface area contributed by atoms with Gasteiger partial charge in [0.1, 0.15) is 17.8 Å². The van der Waals surface area contributed by atoms with E-state index >= 15 is 0 Å². The van der Waals surface area contributed by atoms with Gasteiger partial charge in [-0.15, -0.1) is 0 Å². The summed E-state index contributed by atoms with van der Waals surface area (Å²) < 4.78 is 31.6. The van der Waals surface area contributed by atoms with Gasteiger partial charge in [0.25, 0.3) is 0 Å². The van der Waals surface area contributed by atoms with Crippen LogP contribution in [-0.4, -0.2) is 55.5 Å². The summed E-state index contributed by atoms with van der Waals surface area (Å²) in [6, 6.07) is 9.25. The summed E-state index contributed by atoms with van der Waals surface area (Å²) in [7, 11) is 0. The molecule has 1 spiro atoms. The minimum absolute atomic E-state index is 0.0695. The summed E-state index contributed by atoms with van der Waals surface area (Å²) in [6.45, 7) is 13.3. The van der Waals surface area contributed by atoms with Crippen LogP contribution in [0.3, 0.4) is 0 Å². The second-order valence-electron chi connectivity index (χ2n) is 15.3. The Bertz CT molecular complexity index is 1220. The Labute approximate surface area is 238 Å². The maximum atomic E-state index is 12.9. The zero-order chi connectivity index (χ0) is 27.7. The van der Waals surface area contributed by atoms with Crippen LogP contribution in [0.15, 0.2) is 42.5 Å². The Morgan fingerprint density at radius 1 is 0.975 bits per heavy atom. The normalized spacial score (nSPS) is 50.4. The molecule has 6 nitrogen and oxygen atoms in total. The van der Waals surface area contributed by atoms with E-state index in [1.54, 1.807) is 12.1 Å². The van der Waals surface area contributed by atoms with Crippen molar-refractivity contribution in [3.8, 4) is 0 Å². The number of benzene rings is 1. The zero-order valence-corrected chi connectivity index (χ0v) is 24.5. The quantitative estimate of drug-likeness (QED) is 0.269. The molecule has 0 amide bonds. The summed E-state index contributed by atoms with van der Waals surface area (Å²) in [5.41, 5.74) is 0.471. The van der Waals surface area contributed by atoms with Crippen LogP contribution >= 0.6 is 0 Å². The van der Waals surface area contributed by atoms with Gasteiger partial charge in [0.15, 0.2) is 12.4 Å². The Hall–Kier alpha value is -1.73. The number of fused-ring (bicyclic) bond motifs is 6. The first kappa shape index (κ1) is 25.9. The molecular weight excluding hydrogens is 504 g/mol. The minimum Gasteiger partial charge on any atom is -0.453 e. The number of allylic oxidation sites excluding steroid dienone is 1. The highest BCUT2D eigenvalue weighted by Crippen LogP contribution is 2.75. The van der Waals surface area contributed by atoms with Gasteiger partial charge in [0, 0.05) is 16.7 Å². The smallest absolute Gasteiger partial charge is 0.338 e. The molecule has 6 fully saturated rings. The highest BCUT2D eigenvalue weighted by atomic mass is 16.7. The molecule has 3 saturated heterocycles. The SMILES string of the molecule is CC(C1OCC(C)(C)CO1)[C@H]1CC[C@H]2[C@@H]3C=C[C@@]45O[C@@H]4[C@@H](OC(=O)c4ccccc4)[C@@H]4O[C@@H]4[C@]5(C)[C@H]3CC[C@]12C. The molecule has 3 heterocycles. The lowest BCUT2D eigenvalue weighted by atomic mass is 9.46. The third kappa shape index (κ3) is 3.40. The summed E-state index contributed by atoms with van der Waals surface area (Å²) in [6.07, 6.45) is 9.20. The maximum Gasteiger partial charge on any atom is 0.338 e. The van der Waals surface area contributed by atoms with Crippen LogP contribution < -0.4 is 0 Å². The Morgan fingerprint density at radius 3 is 2.48 bits per heavy atom. The molecule has 0 N–H and O–H groups in total. The van der Waals surface area contributed by atoms with E-state index in [0.29, 0.717) is 35.2 Å². The zero-order valence-electron chi connectivity index (χ0n) is 24.5. The van der Waals surface area contributed by atoms with Gasteiger partial charge in [-0.3, -0.25) is 0 Å². The molecule has 216 valence electrons. The molecule has 1 aromatic carbocycles. The fourth-order valence-corrected chi connectivity index (χ4v) is 10.4. The van der Waals surface area contributed by atoms with Gasteiger partial charge in [0.05, 0.1) is 24.9 Å². The van der Waals surface area contributed by atoms with Gasteiger partial charge in [-0.25, -0.2) is 4.79 Å². The lowest BCUT2D eigenvalue weighted by Gasteiger charge is -2.57. The predicted molar refractivity (Wildman–Crippen MR) is 148 cm³/mol. The highest BCUT2D eigenvalue weighted by molar-refractivity contribution is 5.89. The van der Waals surface area contributed by atoms with Crippen LogP contribution in [0.1, 0.15) is 70.7 Å². The molecule has 1 aromatic rings. The molecule has 6 heteroatoms. The van der Waals surface area contributed by atoms with Gasteiger partial charge in [0.2, 0.25) is 0 Å². The van der Waals surface area contributed by atoms with E-state index in [2.05, 4.69) is 46.8 Å². The van der Waals surface area contributed by atoms with Crippen molar-refractivity contribution in [1.29, 1.82) is 0 Å². The number of hydrogen-bond acceptors (Lipinski definition) is 6. The van der Waals surface area contributed by atoms with Crippen LogP contribution in [0.2, 0.25) is 0 Å². The van der Waals surface area contributed by atoms with Crippen molar-refractivity contribution in [2.45, 2.75) is 96.6 Å². The van der Waals surface area contributed by atoms with Crippen molar-refractivity contribution in [3.05, 3.63) is 48.0 Å². The van der Waals surface area contributed by atoms with Crippen molar-refractivity contribution in [2.75, 3.05) is 13.2 Å². The number of hydrogen-bond donors (Lipinski definition) is 0. The van der Waals surface area contributed by atoms with E-state index in [4.69, 9.17) is 23.7 Å². The first-order valence-corrected chi connectivity index (χ1v) is 15.6. The van der Waals surface area contributed by atoms with Crippen LogP contribution in [0, 0.1) is 45.8 Å². The molecule has 0 bridgehead atoms. The van der Waals surface area contributed by atoms with Crippen LogP contribution in [0.4, 0.5) is 0 Å². The second-order valence-corrected chi connectivity index (χ2v) is 15.3. The van der Waals surface area contributed by atoms with Crippen molar-refractivity contribution >= 4 is 5.97 Å². The Balaban J connectivity index is 1.02. The van der Waals surface area contributed by atoms with E-state index in [1.807, 2.05) is 18.2 Å². The van der Waals surface area contributed by atoms with E-state index < -0.39 is 0 Å². The van der Waals surface area contributed by atoms with Gasteiger partial charge < -0.3 is 23.7 Å². The maximum absolute atomic E-state index is 12.9.